The normalized spacial score (nSPS) is 16.0. The lowest BCUT2D eigenvalue weighted by Crippen LogP contribution is -2.34. The van der Waals surface area contributed by atoms with E-state index in [9.17, 15) is 9.59 Å². The van der Waals surface area contributed by atoms with Crippen molar-refractivity contribution < 1.29 is 4.79 Å². The molecule has 1 N–H and O–H groups in total. The quantitative estimate of drug-likeness (QED) is 0.703. The Kier molecular flexibility index (Phi) is 5.44. The van der Waals surface area contributed by atoms with Gasteiger partial charge in [0.25, 0.3) is 11.5 Å². The molecule has 2 aromatic heterocycles. The van der Waals surface area contributed by atoms with Crippen LogP contribution in [0.25, 0.3) is 16.9 Å². The minimum atomic E-state index is -0.243. The van der Waals surface area contributed by atoms with Crippen molar-refractivity contribution in [2.75, 3.05) is 27.2 Å². The molecule has 1 unspecified atom stereocenters. The van der Waals surface area contributed by atoms with Crippen LogP contribution in [0.2, 0.25) is 0 Å². The molecule has 1 fully saturated rings. The maximum Gasteiger partial charge on any atom is 0.280 e. The van der Waals surface area contributed by atoms with Crippen molar-refractivity contribution in [3.63, 3.8) is 0 Å². The number of H-pyrrole nitrogens is 1. The van der Waals surface area contributed by atoms with Gasteiger partial charge in [0.2, 0.25) is 0 Å². The van der Waals surface area contributed by atoms with Gasteiger partial charge in [0, 0.05) is 31.5 Å². The van der Waals surface area contributed by atoms with Crippen LogP contribution in [0.4, 0.5) is 0 Å². The first-order valence-electron chi connectivity index (χ1n) is 10.1. The van der Waals surface area contributed by atoms with E-state index in [0.717, 1.165) is 24.1 Å². The summed E-state index contributed by atoms with van der Waals surface area (Å²) in [5, 5.41) is 12.0. The van der Waals surface area contributed by atoms with Crippen molar-refractivity contribution in [1.29, 1.82) is 5.26 Å². The van der Waals surface area contributed by atoms with Gasteiger partial charge in [-0.05, 0) is 62.8 Å². The van der Waals surface area contributed by atoms with Gasteiger partial charge >= 0.3 is 0 Å². The van der Waals surface area contributed by atoms with Crippen molar-refractivity contribution in [2.24, 2.45) is 0 Å². The number of benzene rings is 1. The summed E-state index contributed by atoms with van der Waals surface area (Å²) in [4.78, 5) is 34.1. The standard InChI is InChI=1S/C23H24N6O2/c1-15-10-16(11-24)4-6-19(15)20-13-26-29(23(20)31)21-7-5-17(12-25-21)22(30)28-9-8-18(14-28)27(2)3/h4-7,10,12-13,18,26H,8-9,14H2,1-3H3. The minimum Gasteiger partial charge on any atom is -0.337 e. The molecule has 0 saturated carbocycles. The molecule has 0 spiro atoms. The zero-order chi connectivity index (χ0) is 22.1. The molecule has 1 aromatic carbocycles. The monoisotopic (exact) mass is 416 g/mol. The van der Waals surface area contributed by atoms with Gasteiger partial charge in [-0.25, -0.2) is 9.67 Å². The van der Waals surface area contributed by atoms with Gasteiger partial charge in [0.1, 0.15) is 0 Å². The molecule has 0 aliphatic carbocycles. The largest absolute Gasteiger partial charge is 0.337 e. The predicted octanol–water partition coefficient (Wildman–Crippen LogP) is 2.18. The lowest BCUT2D eigenvalue weighted by molar-refractivity contribution is 0.0782. The smallest absolute Gasteiger partial charge is 0.280 e. The summed E-state index contributed by atoms with van der Waals surface area (Å²) in [6, 6.07) is 11.1. The molecule has 158 valence electrons. The van der Waals surface area contributed by atoms with E-state index in [-0.39, 0.29) is 11.5 Å². The number of carbonyl (C=O) groups excluding carboxylic acids is 1. The Morgan fingerprint density at radius 2 is 2.06 bits per heavy atom. The average molecular weight is 416 g/mol. The number of nitrogens with one attached hydrogen (secondary N) is 1. The molecule has 31 heavy (non-hydrogen) atoms. The molecular formula is C23H24N6O2. The van der Waals surface area contributed by atoms with Crippen LogP contribution in [0.5, 0.6) is 0 Å². The van der Waals surface area contributed by atoms with E-state index in [1.807, 2.05) is 25.9 Å². The summed E-state index contributed by atoms with van der Waals surface area (Å²) in [5.41, 5.74) is 2.91. The summed E-state index contributed by atoms with van der Waals surface area (Å²) in [7, 11) is 4.05. The third-order valence-electron chi connectivity index (χ3n) is 5.82. The molecule has 4 rings (SSSR count). The molecule has 1 saturated heterocycles. The van der Waals surface area contributed by atoms with Crippen LogP contribution in [0, 0.1) is 18.3 Å². The summed E-state index contributed by atoms with van der Waals surface area (Å²) in [6.07, 6.45) is 4.10. The Balaban J connectivity index is 1.56. The van der Waals surface area contributed by atoms with Crippen molar-refractivity contribution in [3.05, 3.63) is 69.8 Å². The van der Waals surface area contributed by atoms with E-state index in [1.54, 1.807) is 36.5 Å². The highest BCUT2D eigenvalue weighted by molar-refractivity contribution is 5.94. The number of rotatable bonds is 4. The number of amides is 1. The molecule has 3 aromatic rings. The first kappa shape index (κ1) is 20.6. The summed E-state index contributed by atoms with van der Waals surface area (Å²) in [5.74, 6) is 0.364. The van der Waals surface area contributed by atoms with Crippen LogP contribution in [0.1, 0.15) is 27.9 Å². The average Bonchev–Trinajstić information content (AvgIpc) is 3.41. The summed E-state index contributed by atoms with van der Waals surface area (Å²) >= 11 is 0. The molecule has 0 bridgehead atoms. The van der Waals surface area contributed by atoms with Crippen molar-refractivity contribution in [3.8, 4) is 23.0 Å². The summed E-state index contributed by atoms with van der Waals surface area (Å²) in [6.45, 7) is 3.30. The lowest BCUT2D eigenvalue weighted by atomic mass is 10.0. The van der Waals surface area contributed by atoms with Gasteiger partial charge < -0.3 is 9.80 Å². The number of hydrogen-bond donors (Lipinski definition) is 1. The zero-order valence-corrected chi connectivity index (χ0v) is 17.8. The molecule has 1 amide bonds. The first-order valence-corrected chi connectivity index (χ1v) is 10.1. The molecule has 1 aliphatic heterocycles. The Bertz CT molecular complexity index is 1220. The number of hydrogen-bond acceptors (Lipinski definition) is 5. The van der Waals surface area contributed by atoms with Gasteiger partial charge in [0.05, 0.1) is 22.8 Å². The molecular weight excluding hydrogens is 392 g/mol. The van der Waals surface area contributed by atoms with Crippen LogP contribution in [0.15, 0.2) is 47.5 Å². The van der Waals surface area contributed by atoms with E-state index in [0.29, 0.717) is 35.1 Å². The number of carbonyl (C=O) groups is 1. The first-order chi connectivity index (χ1) is 14.9. The zero-order valence-electron chi connectivity index (χ0n) is 17.8. The van der Waals surface area contributed by atoms with Crippen LogP contribution in [-0.2, 0) is 0 Å². The minimum absolute atomic E-state index is 0.0453. The Morgan fingerprint density at radius 3 is 2.68 bits per heavy atom. The third-order valence-corrected chi connectivity index (χ3v) is 5.82. The van der Waals surface area contributed by atoms with Crippen LogP contribution in [-0.4, -0.2) is 63.7 Å². The SMILES string of the molecule is Cc1cc(C#N)ccc1-c1c[nH]n(-c2ccc(C(=O)N3CCC(N(C)C)C3)cn2)c1=O. The van der Waals surface area contributed by atoms with Crippen molar-refractivity contribution >= 4 is 5.91 Å². The van der Waals surface area contributed by atoms with Crippen molar-refractivity contribution in [1.82, 2.24) is 24.6 Å². The van der Waals surface area contributed by atoms with Gasteiger partial charge in [-0.2, -0.15) is 5.26 Å². The van der Waals surface area contributed by atoms with E-state index in [2.05, 4.69) is 21.1 Å². The van der Waals surface area contributed by atoms with Gasteiger partial charge in [0.15, 0.2) is 5.82 Å². The fourth-order valence-electron chi connectivity index (χ4n) is 3.94. The molecule has 0 radical (unpaired) electrons. The van der Waals surface area contributed by atoms with E-state index in [1.165, 1.54) is 10.9 Å². The number of nitriles is 1. The summed E-state index contributed by atoms with van der Waals surface area (Å²) < 4.78 is 1.35. The highest BCUT2D eigenvalue weighted by atomic mass is 16.2. The number of likely N-dealkylation sites (N-methyl/N-ethyl adjacent to an activating group) is 1. The number of likely N-dealkylation sites (tertiary alicyclic amines) is 1. The maximum absolute atomic E-state index is 13.0. The molecule has 8 nitrogen and oxygen atoms in total. The Labute approximate surface area is 180 Å². The molecule has 1 atom stereocenters. The third kappa shape index (κ3) is 3.88. The Hall–Kier alpha value is -3.70. The molecule has 8 heteroatoms. The van der Waals surface area contributed by atoms with Crippen LogP contribution < -0.4 is 5.56 Å². The number of nitrogens with zero attached hydrogens (tertiary/aromatic N) is 5. The number of aryl methyl sites for hydroxylation is 1. The van der Waals surface area contributed by atoms with E-state index < -0.39 is 0 Å². The Morgan fingerprint density at radius 1 is 1.26 bits per heavy atom. The lowest BCUT2D eigenvalue weighted by Gasteiger charge is -2.20. The van der Waals surface area contributed by atoms with E-state index in [4.69, 9.17) is 5.26 Å². The van der Waals surface area contributed by atoms with Crippen LogP contribution in [0.3, 0.4) is 0 Å². The number of aromatic nitrogens is 3. The fourth-order valence-corrected chi connectivity index (χ4v) is 3.94. The molecule has 3 heterocycles. The van der Waals surface area contributed by atoms with Gasteiger partial charge in [-0.15, -0.1) is 0 Å². The van der Waals surface area contributed by atoms with Gasteiger partial charge in [-0.1, -0.05) is 6.07 Å². The maximum atomic E-state index is 13.0. The van der Waals surface area contributed by atoms with Gasteiger partial charge in [-0.3, -0.25) is 14.7 Å². The fraction of sp³-hybridized carbons (Fsp3) is 0.304. The van der Waals surface area contributed by atoms with Crippen molar-refractivity contribution in [2.45, 2.75) is 19.4 Å². The topological polar surface area (TPSA) is 98.0 Å². The number of aromatic amines is 1. The highest BCUT2D eigenvalue weighted by Crippen LogP contribution is 2.22. The number of pyridine rings is 1. The second-order valence-electron chi connectivity index (χ2n) is 8.03. The molecule has 1 aliphatic rings. The van der Waals surface area contributed by atoms with E-state index >= 15 is 0 Å². The predicted molar refractivity (Wildman–Crippen MR) is 117 cm³/mol. The van der Waals surface area contributed by atoms with Crippen LogP contribution >= 0.6 is 0 Å². The highest BCUT2D eigenvalue weighted by Gasteiger charge is 2.28. The second kappa shape index (κ2) is 8.20. The second-order valence-corrected chi connectivity index (χ2v) is 8.03.